The topological polar surface area (TPSA) is 65.6 Å². The molecule has 0 radical (unpaired) electrons. The van der Waals surface area contributed by atoms with Gasteiger partial charge in [0.15, 0.2) is 5.65 Å². The van der Waals surface area contributed by atoms with Gasteiger partial charge in [0, 0.05) is 11.8 Å². The summed E-state index contributed by atoms with van der Waals surface area (Å²) >= 11 is 0. The summed E-state index contributed by atoms with van der Waals surface area (Å²) in [5.41, 5.74) is 0.957. The molecule has 2 aromatic carbocycles. The summed E-state index contributed by atoms with van der Waals surface area (Å²) in [6, 6.07) is 14.9. The Morgan fingerprint density at radius 3 is 2.59 bits per heavy atom. The number of carbonyl (C=O) groups excluding carboxylic acids is 1. The maximum Gasteiger partial charge on any atom is 0.416 e. The largest absolute Gasteiger partial charge is 0.462 e. The molecule has 0 amide bonds. The lowest BCUT2D eigenvalue weighted by atomic mass is 10.0. The number of hydrogen-bond acceptors (Lipinski definition) is 4. The number of rotatable bonds is 5. The molecule has 4 aromatic rings. The standard InChI is InChI=1S/C23H18F3N3O3/c1-2-32-21(30)17-8-4-7-16(13-17)19-10-5-11-28-20(19)27-29(22(28)31)14-15-6-3-9-18(12-15)23(24,25)26/h3-13H,2,14H2,1H3. The summed E-state index contributed by atoms with van der Waals surface area (Å²) in [5, 5.41) is 4.36. The maximum atomic E-state index is 13.0. The highest BCUT2D eigenvalue weighted by molar-refractivity contribution is 5.92. The summed E-state index contributed by atoms with van der Waals surface area (Å²) in [7, 11) is 0. The van der Waals surface area contributed by atoms with Crippen LogP contribution in [-0.4, -0.2) is 26.8 Å². The fourth-order valence-electron chi connectivity index (χ4n) is 3.41. The zero-order valence-electron chi connectivity index (χ0n) is 17.0. The lowest BCUT2D eigenvalue weighted by Gasteiger charge is -2.08. The molecule has 2 heterocycles. The van der Waals surface area contributed by atoms with Crippen LogP contribution in [0.5, 0.6) is 0 Å². The number of esters is 1. The van der Waals surface area contributed by atoms with Crippen LogP contribution in [0.2, 0.25) is 0 Å². The molecule has 0 N–H and O–H groups in total. The maximum absolute atomic E-state index is 13.0. The van der Waals surface area contributed by atoms with Crippen LogP contribution in [0.3, 0.4) is 0 Å². The van der Waals surface area contributed by atoms with Crippen LogP contribution in [0.4, 0.5) is 13.2 Å². The lowest BCUT2D eigenvalue weighted by molar-refractivity contribution is -0.137. The SMILES string of the molecule is CCOC(=O)c1cccc(-c2cccn3c(=O)n(Cc4cccc(C(F)(F)F)c4)nc23)c1. The molecule has 0 aliphatic carbocycles. The van der Waals surface area contributed by atoms with Gasteiger partial charge in [-0.25, -0.2) is 18.7 Å². The number of nitrogens with zero attached hydrogens (tertiary/aromatic N) is 3. The molecule has 0 aliphatic rings. The van der Waals surface area contributed by atoms with Crippen molar-refractivity contribution in [3.63, 3.8) is 0 Å². The molecule has 4 rings (SSSR count). The molecule has 0 spiro atoms. The van der Waals surface area contributed by atoms with Gasteiger partial charge >= 0.3 is 17.8 Å². The van der Waals surface area contributed by atoms with E-state index in [9.17, 15) is 22.8 Å². The molecule has 0 saturated heterocycles. The Bertz CT molecular complexity index is 1360. The Morgan fingerprint density at radius 1 is 1.06 bits per heavy atom. The minimum atomic E-state index is -4.48. The van der Waals surface area contributed by atoms with Crippen molar-refractivity contribution in [1.29, 1.82) is 0 Å². The second-order valence-corrected chi connectivity index (χ2v) is 7.06. The van der Waals surface area contributed by atoms with Crippen LogP contribution < -0.4 is 5.69 Å². The third-order valence-electron chi connectivity index (χ3n) is 4.88. The quantitative estimate of drug-likeness (QED) is 0.431. The summed E-state index contributed by atoms with van der Waals surface area (Å²) in [5.74, 6) is -0.464. The van der Waals surface area contributed by atoms with Gasteiger partial charge in [-0.2, -0.15) is 13.2 Å². The van der Waals surface area contributed by atoms with E-state index in [1.165, 1.54) is 22.7 Å². The monoisotopic (exact) mass is 441 g/mol. The molecular formula is C23H18F3N3O3. The number of benzene rings is 2. The predicted molar refractivity (Wildman–Crippen MR) is 111 cm³/mol. The number of hydrogen-bond donors (Lipinski definition) is 0. The van der Waals surface area contributed by atoms with Gasteiger partial charge in [-0.15, -0.1) is 5.10 Å². The van der Waals surface area contributed by atoms with E-state index in [-0.39, 0.29) is 13.2 Å². The summed E-state index contributed by atoms with van der Waals surface area (Å²) in [6.07, 6.45) is -2.94. The molecule has 6 nitrogen and oxygen atoms in total. The molecule has 2 aromatic heterocycles. The molecule has 0 aliphatic heterocycles. The van der Waals surface area contributed by atoms with E-state index in [4.69, 9.17) is 4.74 Å². The molecule has 0 saturated carbocycles. The van der Waals surface area contributed by atoms with Crippen LogP contribution in [0.15, 0.2) is 71.7 Å². The third kappa shape index (κ3) is 4.14. The Labute approximate surface area is 180 Å². The second kappa shape index (κ2) is 8.33. The minimum Gasteiger partial charge on any atom is -0.462 e. The molecular weight excluding hydrogens is 423 g/mol. The highest BCUT2D eigenvalue weighted by Crippen LogP contribution is 2.29. The van der Waals surface area contributed by atoms with E-state index in [1.807, 2.05) is 0 Å². The van der Waals surface area contributed by atoms with Gasteiger partial charge in [-0.05, 0) is 54.4 Å². The average Bonchev–Trinajstić information content (AvgIpc) is 3.09. The first kappa shape index (κ1) is 21.4. The summed E-state index contributed by atoms with van der Waals surface area (Å²) in [6.45, 7) is 1.84. The number of ether oxygens (including phenoxy) is 1. The third-order valence-corrected chi connectivity index (χ3v) is 4.88. The van der Waals surface area contributed by atoms with Crippen molar-refractivity contribution in [2.75, 3.05) is 6.61 Å². The van der Waals surface area contributed by atoms with E-state index in [0.29, 0.717) is 27.9 Å². The zero-order chi connectivity index (χ0) is 22.9. The van der Waals surface area contributed by atoms with Gasteiger partial charge in [0.25, 0.3) is 0 Å². The molecule has 32 heavy (non-hydrogen) atoms. The van der Waals surface area contributed by atoms with Gasteiger partial charge in [0.1, 0.15) is 0 Å². The highest BCUT2D eigenvalue weighted by atomic mass is 19.4. The van der Waals surface area contributed by atoms with Crippen molar-refractivity contribution in [2.45, 2.75) is 19.6 Å². The van der Waals surface area contributed by atoms with Crippen molar-refractivity contribution < 1.29 is 22.7 Å². The van der Waals surface area contributed by atoms with Crippen LogP contribution in [-0.2, 0) is 17.5 Å². The number of fused-ring (bicyclic) bond motifs is 1. The first-order valence-electron chi connectivity index (χ1n) is 9.80. The van der Waals surface area contributed by atoms with Gasteiger partial charge in [0.2, 0.25) is 0 Å². The van der Waals surface area contributed by atoms with Crippen LogP contribution in [0.25, 0.3) is 16.8 Å². The Balaban J connectivity index is 1.75. The fourth-order valence-corrected chi connectivity index (χ4v) is 3.41. The van der Waals surface area contributed by atoms with Gasteiger partial charge in [0.05, 0.1) is 24.3 Å². The fraction of sp³-hybridized carbons (Fsp3) is 0.174. The number of alkyl halides is 3. The number of carbonyl (C=O) groups is 1. The van der Waals surface area contributed by atoms with Crippen molar-refractivity contribution in [1.82, 2.24) is 14.2 Å². The van der Waals surface area contributed by atoms with Gasteiger partial charge in [-0.3, -0.25) is 0 Å². The predicted octanol–water partition coefficient (Wildman–Crippen LogP) is 4.41. The Morgan fingerprint density at radius 2 is 1.84 bits per heavy atom. The molecule has 0 bridgehead atoms. The van der Waals surface area contributed by atoms with Crippen LogP contribution in [0.1, 0.15) is 28.4 Å². The summed E-state index contributed by atoms with van der Waals surface area (Å²) in [4.78, 5) is 24.9. The van der Waals surface area contributed by atoms with E-state index >= 15 is 0 Å². The van der Waals surface area contributed by atoms with E-state index in [1.54, 1.807) is 43.3 Å². The smallest absolute Gasteiger partial charge is 0.416 e. The number of pyridine rings is 1. The molecule has 164 valence electrons. The number of aromatic nitrogens is 3. The first-order valence-corrected chi connectivity index (χ1v) is 9.80. The van der Waals surface area contributed by atoms with Crippen LogP contribution >= 0.6 is 0 Å². The normalized spacial score (nSPS) is 11.6. The van der Waals surface area contributed by atoms with E-state index < -0.39 is 23.4 Å². The van der Waals surface area contributed by atoms with Gasteiger partial charge in [-0.1, -0.05) is 24.3 Å². The Kier molecular flexibility index (Phi) is 5.56. The van der Waals surface area contributed by atoms with Crippen molar-refractivity contribution in [3.8, 4) is 11.1 Å². The van der Waals surface area contributed by atoms with E-state index in [2.05, 4.69) is 5.10 Å². The van der Waals surface area contributed by atoms with Gasteiger partial charge < -0.3 is 4.74 Å². The lowest BCUT2D eigenvalue weighted by Crippen LogP contribution is -2.21. The first-order chi connectivity index (χ1) is 15.3. The van der Waals surface area contributed by atoms with Crippen molar-refractivity contribution in [3.05, 3.63) is 94.0 Å². The molecule has 0 atom stereocenters. The van der Waals surface area contributed by atoms with Crippen LogP contribution in [0, 0.1) is 0 Å². The highest BCUT2D eigenvalue weighted by Gasteiger charge is 2.30. The number of halogens is 3. The zero-order valence-corrected chi connectivity index (χ0v) is 17.0. The molecule has 9 heteroatoms. The average molecular weight is 441 g/mol. The molecule has 0 fully saturated rings. The van der Waals surface area contributed by atoms with Crippen molar-refractivity contribution in [2.24, 2.45) is 0 Å². The Hall–Kier alpha value is -3.88. The summed E-state index contributed by atoms with van der Waals surface area (Å²) < 4.78 is 46.5. The van der Waals surface area contributed by atoms with E-state index in [0.717, 1.165) is 16.8 Å². The molecule has 0 unspecified atom stereocenters. The minimum absolute atomic E-state index is 0.118. The second-order valence-electron chi connectivity index (χ2n) is 7.06. The van der Waals surface area contributed by atoms with Crippen molar-refractivity contribution >= 4 is 11.6 Å².